The molecule has 1 aromatic heterocycles. The quantitative estimate of drug-likeness (QED) is 0.683. The number of ketones is 1. The molecule has 0 aliphatic rings. The number of carbonyl (C=O) groups is 2. The molecule has 9 heteroatoms. The number of alkyl halides is 3. The molecule has 0 bridgehead atoms. The van der Waals surface area contributed by atoms with Crippen LogP contribution in [0.4, 0.5) is 13.2 Å². The van der Waals surface area contributed by atoms with Crippen LogP contribution in [0.2, 0.25) is 0 Å². The van der Waals surface area contributed by atoms with E-state index in [0.29, 0.717) is 5.69 Å². The number of nitrogens with zero attached hydrogens (tertiary/aromatic N) is 2. The molecule has 0 unspecified atom stereocenters. The van der Waals surface area contributed by atoms with Crippen molar-refractivity contribution < 1.29 is 27.9 Å². The van der Waals surface area contributed by atoms with Gasteiger partial charge < -0.3 is 5.11 Å². The van der Waals surface area contributed by atoms with Gasteiger partial charge in [0.15, 0.2) is 5.78 Å². The van der Waals surface area contributed by atoms with Gasteiger partial charge in [0.2, 0.25) is 0 Å². The predicted molar refractivity (Wildman–Crippen MR) is 40.1 cm³/mol. The fraction of sp³-hybridized carbons (Fsp3) is 0.333. The third-order valence-corrected chi connectivity index (χ3v) is 1.02. The van der Waals surface area contributed by atoms with Gasteiger partial charge in [-0.3, -0.25) is 4.79 Å². The van der Waals surface area contributed by atoms with Crippen molar-refractivity contribution in [2.45, 2.75) is 13.1 Å². The van der Waals surface area contributed by atoms with Crippen LogP contribution in [0.1, 0.15) is 17.4 Å². The summed E-state index contributed by atoms with van der Waals surface area (Å²) >= 11 is 0. The first kappa shape index (κ1) is 13.1. The highest BCUT2D eigenvalue weighted by atomic mass is 19.4. The van der Waals surface area contributed by atoms with Crippen LogP contribution in [0.3, 0.4) is 0 Å². The summed E-state index contributed by atoms with van der Waals surface area (Å²) in [4.78, 5) is 19.3. The zero-order valence-electron chi connectivity index (χ0n) is 7.37. The van der Waals surface area contributed by atoms with E-state index in [0.717, 1.165) is 0 Å². The molecular weight excluding hydrogens is 219 g/mol. The first-order chi connectivity index (χ1) is 6.75. The van der Waals surface area contributed by atoms with Crippen LogP contribution in [0, 0.1) is 0 Å². The van der Waals surface area contributed by atoms with Crippen molar-refractivity contribution in [3.63, 3.8) is 0 Å². The van der Waals surface area contributed by atoms with Gasteiger partial charge in [0.05, 0.1) is 6.20 Å². The third-order valence-electron chi connectivity index (χ3n) is 1.02. The van der Waals surface area contributed by atoms with E-state index in [9.17, 15) is 18.0 Å². The molecule has 1 aromatic rings. The lowest BCUT2D eigenvalue weighted by Crippen LogP contribution is -2.21. The minimum atomic E-state index is -5.08. The van der Waals surface area contributed by atoms with Crippen LogP contribution in [0.25, 0.3) is 0 Å². The van der Waals surface area contributed by atoms with Gasteiger partial charge in [-0.15, -0.1) is 0 Å². The Morgan fingerprint density at radius 1 is 1.47 bits per heavy atom. The van der Waals surface area contributed by atoms with Gasteiger partial charge >= 0.3 is 12.1 Å². The molecule has 15 heavy (non-hydrogen) atoms. The Hall–Kier alpha value is -1.93. The van der Waals surface area contributed by atoms with Crippen molar-refractivity contribution in [2.75, 3.05) is 0 Å². The molecule has 0 saturated carbocycles. The topological polar surface area (TPSA) is 95.9 Å². The number of hydrogen-bond donors (Lipinski definition) is 2. The van der Waals surface area contributed by atoms with Crippen LogP contribution in [-0.2, 0) is 4.79 Å². The maximum absolute atomic E-state index is 10.6. The number of hydrogen-bond acceptors (Lipinski definition) is 4. The van der Waals surface area contributed by atoms with Crippen LogP contribution >= 0.6 is 0 Å². The summed E-state index contributed by atoms with van der Waals surface area (Å²) in [6.45, 7) is 1.44. The van der Waals surface area contributed by atoms with Crippen molar-refractivity contribution in [3.8, 4) is 0 Å². The highest BCUT2D eigenvalue weighted by Gasteiger charge is 2.38. The minimum Gasteiger partial charge on any atom is -0.475 e. The Morgan fingerprint density at radius 3 is 2.07 bits per heavy atom. The van der Waals surface area contributed by atoms with E-state index in [1.54, 1.807) is 0 Å². The number of H-pyrrole nitrogens is 1. The average molecular weight is 225 g/mol. The van der Waals surface area contributed by atoms with Crippen molar-refractivity contribution in [1.82, 2.24) is 15.4 Å². The number of carbonyl (C=O) groups excluding carboxylic acids is 1. The molecule has 0 amide bonds. The van der Waals surface area contributed by atoms with E-state index >= 15 is 0 Å². The molecule has 6 nitrogen and oxygen atoms in total. The van der Waals surface area contributed by atoms with Gasteiger partial charge in [-0.05, 0) is 0 Å². The lowest BCUT2D eigenvalue weighted by Gasteiger charge is -1.93. The first-order valence-electron chi connectivity index (χ1n) is 3.42. The van der Waals surface area contributed by atoms with Gasteiger partial charge in [0.1, 0.15) is 5.69 Å². The average Bonchev–Trinajstić information content (AvgIpc) is 2.54. The molecule has 0 saturated heterocycles. The van der Waals surface area contributed by atoms with E-state index in [2.05, 4.69) is 15.4 Å². The Labute approximate surface area is 81.1 Å². The van der Waals surface area contributed by atoms with Gasteiger partial charge in [0, 0.05) is 6.92 Å². The largest absolute Gasteiger partial charge is 0.490 e. The highest BCUT2D eigenvalue weighted by Crippen LogP contribution is 2.13. The van der Waals surface area contributed by atoms with E-state index in [1.807, 2.05) is 0 Å². The lowest BCUT2D eigenvalue weighted by atomic mass is 10.3. The van der Waals surface area contributed by atoms with Crippen molar-refractivity contribution in [2.24, 2.45) is 0 Å². The molecular formula is C6H6F3N3O3. The van der Waals surface area contributed by atoms with Gasteiger partial charge in [-0.1, -0.05) is 0 Å². The van der Waals surface area contributed by atoms with Crippen molar-refractivity contribution in [3.05, 3.63) is 11.9 Å². The molecule has 0 spiro atoms. The Morgan fingerprint density at radius 2 is 1.93 bits per heavy atom. The van der Waals surface area contributed by atoms with E-state index in [1.165, 1.54) is 13.1 Å². The summed E-state index contributed by atoms with van der Waals surface area (Å²) in [5.74, 6) is -2.83. The van der Waals surface area contributed by atoms with E-state index in [4.69, 9.17) is 9.90 Å². The summed E-state index contributed by atoms with van der Waals surface area (Å²) in [6.07, 6.45) is -3.69. The fourth-order valence-corrected chi connectivity index (χ4v) is 0.371. The summed E-state index contributed by atoms with van der Waals surface area (Å²) in [7, 11) is 0. The fourth-order valence-electron chi connectivity index (χ4n) is 0.371. The van der Waals surface area contributed by atoms with Crippen LogP contribution in [-0.4, -0.2) is 38.4 Å². The highest BCUT2D eigenvalue weighted by molar-refractivity contribution is 5.91. The van der Waals surface area contributed by atoms with Gasteiger partial charge in [-0.2, -0.15) is 28.6 Å². The number of halogens is 3. The molecule has 0 aliphatic carbocycles. The number of carboxylic acids is 1. The summed E-state index contributed by atoms with van der Waals surface area (Å²) in [5, 5.41) is 16.4. The second-order valence-electron chi connectivity index (χ2n) is 2.21. The molecule has 0 aliphatic heterocycles. The van der Waals surface area contributed by atoms with Crippen molar-refractivity contribution in [1.29, 1.82) is 0 Å². The van der Waals surface area contributed by atoms with Gasteiger partial charge in [0.25, 0.3) is 0 Å². The number of Topliss-reactive ketones (excluding diaryl/α,β-unsaturated/α-hetero) is 1. The van der Waals surface area contributed by atoms with Crippen LogP contribution in [0.5, 0.6) is 0 Å². The number of carboxylic acid groups (broad SMARTS) is 1. The molecule has 1 heterocycles. The molecule has 0 aromatic carbocycles. The monoisotopic (exact) mass is 225 g/mol. The zero-order valence-corrected chi connectivity index (χ0v) is 7.37. The molecule has 1 rings (SSSR count). The van der Waals surface area contributed by atoms with E-state index in [-0.39, 0.29) is 5.78 Å². The minimum absolute atomic E-state index is 0.0706. The third kappa shape index (κ3) is 5.39. The number of aromatic nitrogens is 3. The maximum atomic E-state index is 10.6. The number of rotatable bonds is 1. The molecule has 84 valence electrons. The zero-order chi connectivity index (χ0) is 12.1. The Bertz CT molecular complexity index is 333. The second-order valence-corrected chi connectivity index (χ2v) is 2.21. The number of nitrogens with one attached hydrogen (secondary N) is 1. The summed E-state index contributed by atoms with van der Waals surface area (Å²) in [6, 6.07) is 0. The number of aromatic amines is 1. The lowest BCUT2D eigenvalue weighted by molar-refractivity contribution is -0.192. The Balaban J connectivity index is 0.000000265. The van der Waals surface area contributed by atoms with Gasteiger partial charge in [-0.25, -0.2) is 4.79 Å². The molecule has 0 fully saturated rings. The summed E-state index contributed by atoms with van der Waals surface area (Å²) in [5.41, 5.74) is 0.380. The maximum Gasteiger partial charge on any atom is 0.490 e. The SMILES string of the molecule is CC(=O)c1cn[nH]n1.O=C(O)C(F)(F)F. The second kappa shape index (κ2) is 5.08. The molecule has 0 radical (unpaired) electrons. The first-order valence-corrected chi connectivity index (χ1v) is 3.42. The van der Waals surface area contributed by atoms with Crippen LogP contribution < -0.4 is 0 Å². The smallest absolute Gasteiger partial charge is 0.475 e. The Kier molecular flexibility index (Phi) is 4.42. The summed E-state index contributed by atoms with van der Waals surface area (Å²) < 4.78 is 31.7. The normalized spacial score (nSPS) is 10.1. The van der Waals surface area contributed by atoms with Crippen LogP contribution in [0.15, 0.2) is 6.20 Å². The number of aliphatic carboxylic acids is 1. The van der Waals surface area contributed by atoms with E-state index < -0.39 is 12.1 Å². The molecule has 2 N–H and O–H groups in total. The predicted octanol–water partition coefficient (Wildman–Crippen LogP) is 0.641. The standard InChI is InChI=1S/C4H5N3O.C2HF3O2/c1-3(8)4-2-5-7-6-4;3-2(4,5)1(6)7/h2H,1H3,(H,5,6,7);(H,6,7). The van der Waals surface area contributed by atoms with Crippen molar-refractivity contribution >= 4 is 11.8 Å². The molecule has 0 atom stereocenters.